The largest absolute Gasteiger partial charge is 0.416 e. The summed E-state index contributed by atoms with van der Waals surface area (Å²) >= 11 is 1.08. The van der Waals surface area contributed by atoms with Crippen LogP contribution in [0.2, 0.25) is 0 Å². The minimum atomic E-state index is -4.38. The van der Waals surface area contributed by atoms with Crippen LogP contribution in [0.15, 0.2) is 18.2 Å². The fourth-order valence-electron chi connectivity index (χ4n) is 3.02. The van der Waals surface area contributed by atoms with Gasteiger partial charge in [0.25, 0.3) is 0 Å². The summed E-state index contributed by atoms with van der Waals surface area (Å²) in [6.45, 7) is 4.40. The zero-order valence-electron chi connectivity index (χ0n) is 13.5. The van der Waals surface area contributed by atoms with Crippen LogP contribution in [-0.2, 0) is 11.0 Å². The van der Waals surface area contributed by atoms with Crippen molar-refractivity contribution in [1.82, 2.24) is 4.98 Å². The highest BCUT2D eigenvalue weighted by atomic mass is 32.1. The molecule has 2 aromatic rings. The average Bonchev–Trinajstić information content (AvgIpc) is 2.87. The summed E-state index contributed by atoms with van der Waals surface area (Å²) in [5.74, 6) is -0.128. The van der Waals surface area contributed by atoms with Gasteiger partial charge in [0, 0.05) is 5.92 Å². The Balaban J connectivity index is 1.72. The van der Waals surface area contributed by atoms with E-state index >= 15 is 0 Å². The summed E-state index contributed by atoms with van der Waals surface area (Å²) in [5.41, 5.74) is 0.0415. The Morgan fingerprint density at radius 3 is 2.58 bits per heavy atom. The van der Waals surface area contributed by atoms with Crippen LogP contribution in [0.3, 0.4) is 0 Å². The second-order valence-electron chi connectivity index (χ2n) is 7.13. The van der Waals surface area contributed by atoms with E-state index in [9.17, 15) is 18.0 Å². The van der Waals surface area contributed by atoms with Gasteiger partial charge in [-0.15, -0.1) is 0 Å². The minimum Gasteiger partial charge on any atom is -0.302 e. The number of nitrogens with one attached hydrogen (secondary N) is 1. The number of nitrogens with zero attached hydrogens (tertiary/aromatic N) is 1. The molecule has 1 heterocycles. The molecular formula is C17H19F3N2OS. The van der Waals surface area contributed by atoms with Crippen molar-refractivity contribution < 1.29 is 18.0 Å². The molecule has 0 spiro atoms. The Morgan fingerprint density at radius 1 is 1.29 bits per heavy atom. The van der Waals surface area contributed by atoms with Crippen LogP contribution in [0.25, 0.3) is 10.2 Å². The van der Waals surface area contributed by atoms with E-state index < -0.39 is 11.7 Å². The zero-order valence-corrected chi connectivity index (χ0v) is 14.4. The van der Waals surface area contributed by atoms with Gasteiger partial charge in [-0.1, -0.05) is 25.2 Å². The topological polar surface area (TPSA) is 42.0 Å². The third-order valence-electron chi connectivity index (χ3n) is 4.66. The lowest BCUT2D eigenvalue weighted by atomic mass is 9.73. The molecule has 0 unspecified atom stereocenters. The van der Waals surface area contributed by atoms with E-state index in [-0.39, 0.29) is 17.2 Å². The van der Waals surface area contributed by atoms with Crippen LogP contribution < -0.4 is 5.32 Å². The van der Waals surface area contributed by atoms with Crippen LogP contribution in [0.1, 0.15) is 45.1 Å². The maximum absolute atomic E-state index is 12.8. The van der Waals surface area contributed by atoms with Crippen molar-refractivity contribution in [1.29, 1.82) is 0 Å². The Hall–Kier alpha value is -1.63. The van der Waals surface area contributed by atoms with E-state index in [1.807, 2.05) is 0 Å². The lowest BCUT2D eigenvalue weighted by Gasteiger charge is -2.33. The summed E-state index contributed by atoms with van der Waals surface area (Å²) < 4.78 is 38.7. The van der Waals surface area contributed by atoms with Crippen molar-refractivity contribution in [3.63, 3.8) is 0 Å². The van der Waals surface area contributed by atoms with Gasteiger partial charge in [0.15, 0.2) is 5.13 Å². The Morgan fingerprint density at radius 2 is 1.96 bits per heavy atom. The molecule has 3 nitrogen and oxygen atoms in total. The van der Waals surface area contributed by atoms with Crippen molar-refractivity contribution in [3.05, 3.63) is 23.8 Å². The highest BCUT2D eigenvalue weighted by Crippen LogP contribution is 2.39. The number of rotatable bonds is 2. The summed E-state index contributed by atoms with van der Waals surface area (Å²) in [6, 6.07) is 3.43. The number of hydrogen-bond acceptors (Lipinski definition) is 3. The lowest BCUT2D eigenvalue weighted by molar-refractivity contribution is -0.137. The second-order valence-corrected chi connectivity index (χ2v) is 8.16. The monoisotopic (exact) mass is 356 g/mol. The Kier molecular flexibility index (Phi) is 4.32. The Labute approximate surface area is 142 Å². The maximum Gasteiger partial charge on any atom is 0.416 e. The number of anilines is 1. The summed E-state index contributed by atoms with van der Waals surface area (Å²) in [7, 11) is 0. The summed E-state index contributed by atoms with van der Waals surface area (Å²) in [5, 5.41) is 3.13. The van der Waals surface area contributed by atoms with Gasteiger partial charge in [-0.2, -0.15) is 13.2 Å². The smallest absolute Gasteiger partial charge is 0.302 e. The molecule has 1 aliphatic carbocycles. The highest BCUT2D eigenvalue weighted by Gasteiger charge is 2.32. The number of amides is 1. The minimum absolute atomic E-state index is 0.0456. The SMILES string of the molecule is CC1(C)CCC(C(=O)Nc2nc3ccc(C(F)(F)F)cc3s2)CC1. The van der Waals surface area contributed by atoms with Gasteiger partial charge in [-0.05, 0) is 49.3 Å². The molecule has 7 heteroatoms. The molecule has 1 saturated carbocycles. The fraction of sp³-hybridized carbons (Fsp3) is 0.529. The van der Waals surface area contributed by atoms with E-state index in [0.29, 0.717) is 15.3 Å². The molecular weight excluding hydrogens is 337 g/mol. The number of benzene rings is 1. The molecule has 0 aliphatic heterocycles. The van der Waals surface area contributed by atoms with E-state index in [0.717, 1.165) is 49.2 Å². The lowest BCUT2D eigenvalue weighted by Crippen LogP contribution is -2.29. The van der Waals surface area contributed by atoms with Gasteiger partial charge in [-0.25, -0.2) is 4.98 Å². The molecule has 1 aromatic carbocycles. The van der Waals surface area contributed by atoms with Crippen LogP contribution in [0, 0.1) is 11.3 Å². The molecule has 24 heavy (non-hydrogen) atoms. The summed E-state index contributed by atoms with van der Waals surface area (Å²) in [4.78, 5) is 16.6. The molecule has 1 fully saturated rings. The highest BCUT2D eigenvalue weighted by molar-refractivity contribution is 7.22. The normalized spacial score (nSPS) is 18.7. The van der Waals surface area contributed by atoms with Crippen LogP contribution >= 0.6 is 11.3 Å². The first-order valence-electron chi connectivity index (χ1n) is 7.93. The molecule has 0 atom stereocenters. The van der Waals surface area contributed by atoms with Crippen molar-refractivity contribution in [2.45, 2.75) is 45.7 Å². The van der Waals surface area contributed by atoms with E-state index in [1.54, 1.807) is 0 Å². The van der Waals surface area contributed by atoms with Gasteiger partial charge in [-0.3, -0.25) is 4.79 Å². The van der Waals surface area contributed by atoms with Crippen LogP contribution in [0.5, 0.6) is 0 Å². The van der Waals surface area contributed by atoms with Gasteiger partial charge in [0.1, 0.15) is 0 Å². The molecule has 1 aliphatic rings. The number of alkyl halides is 3. The van der Waals surface area contributed by atoms with Crippen molar-refractivity contribution in [2.75, 3.05) is 5.32 Å². The first kappa shape index (κ1) is 17.2. The first-order valence-corrected chi connectivity index (χ1v) is 8.74. The van der Waals surface area contributed by atoms with Gasteiger partial charge >= 0.3 is 6.18 Å². The maximum atomic E-state index is 12.8. The number of thiazole rings is 1. The third kappa shape index (κ3) is 3.71. The van der Waals surface area contributed by atoms with Crippen molar-refractivity contribution >= 4 is 32.6 Å². The molecule has 1 aromatic heterocycles. The van der Waals surface area contributed by atoms with E-state index in [1.165, 1.54) is 6.07 Å². The third-order valence-corrected chi connectivity index (χ3v) is 5.59. The zero-order chi connectivity index (χ0) is 17.5. The molecule has 1 N–H and O–H groups in total. The predicted molar refractivity (Wildman–Crippen MR) is 89.0 cm³/mol. The number of carbonyl (C=O) groups is 1. The van der Waals surface area contributed by atoms with Gasteiger partial charge < -0.3 is 5.32 Å². The summed E-state index contributed by atoms with van der Waals surface area (Å²) in [6.07, 6.45) is -0.708. The fourth-order valence-corrected chi connectivity index (χ4v) is 3.93. The van der Waals surface area contributed by atoms with Crippen LogP contribution in [-0.4, -0.2) is 10.9 Å². The van der Waals surface area contributed by atoms with Gasteiger partial charge in [0.2, 0.25) is 5.91 Å². The average molecular weight is 356 g/mol. The number of aromatic nitrogens is 1. The van der Waals surface area contributed by atoms with Crippen LogP contribution in [0.4, 0.5) is 18.3 Å². The molecule has 130 valence electrons. The quantitative estimate of drug-likeness (QED) is 0.775. The second kappa shape index (κ2) is 6.02. The molecule has 0 bridgehead atoms. The number of carbonyl (C=O) groups excluding carboxylic acids is 1. The Bertz CT molecular complexity index is 757. The molecule has 1 amide bonds. The molecule has 3 rings (SSSR count). The van der Waals surface area contributed by atoms with E-state index in [4.69, 9.17) is 0 Å². The number of fused-ring (bicyclic) bond motifs is 1. The number of hydrogen-bond donors (Lipinski definition) is 1. The van der Waals surface area contributed by atoms with Crippen molar-refractivity contribution in [2.24, 2.45) is 11.3 Å². The standard InChI is InChI=1S/C17H19F3N2OS/c1-16(2)7-5-10(6-8-16)14(23)22-15-21-12-4-3-11(17(18,19)20)9-13(12)24-15/h3-4,9-10H,5-8H2,1-2H3,(H,21,22,23). The van der Waals surface area contributed by atoms with E-state index in [2.05, 4.69) is 24.1 Å². The molecule has 0 radical (unpaired) electrons. The molecule has 0 saturated heterocycles. The number of halogens is 3. The first-order chi connectivity index (χ1) is 11.1. The van der Waals surface area contributed by atoms with Gasteiger partial charge in [0.05, 0.1) is 15.8 Å². The predicted octanol–water partition coefficient (Wildman–Crippen LogP) is 5.47. The van der Waals surface area contributed by atoms with Crippen molar-refractivity contribution in [3.8, 4) is 0 Å².